The summed E-state index contributed by atoms with van der Waals surface area (Å²) >= 11 is 1.79. The first-order valence-electron chi connectivity index (χ1n) is 11.7. The molecule has 1 aliphatic carbocycles. The van der Waals surface area contributed by atoms with Crippen LogP contribution >= 0.6 is 11.8 Å². The number of aromatic amines is 1. The third-order valence-corrected chi connectivity index (χ3v) is 7.52. The van der Waals surface area contributed by atoms with Crippen LogP contribution in [0.4, 0.5) is 0 Å². The van der Waals surface area contributed by atoms with Crippen molar-refractivity contribution in [2.75, 3.05) is 5.75 Å². The van der Waals surface area contributed by atoms with E-state index in [1.165, 1.54) is 29.2 Å². The molecule has 0 aliphatic heterocycles. The predicted octanol–water partition coefficient (Wildman–Crippen LogP) is 6.41. The number of hydrogen-bond acceptors (Lipinski definition) is 4. The van der Waals surface area contributed by atoms with E-state index in [1.54, 1.807) is 11.8 Å². The molecule has 1 aliphatic rings. The fourth-order valence-corrected chi connectivity index (χ4v) is 5.81. The third-order valence-electron chi connectivity index (χ3n) is 6.40. The van der Waals surface area contributed by atoms with Crippen molar-refractivity contribution in [1.29, 1.82) is 0 Å². The van der Waals surface area contributed by atoms with Gasteiger partial charge in [0.15, 0.2) is 5.16 Å². The molecule has 0 saturated carbocycles. The number of H-pyrrole nitrogens is 1. The quantitative estimate of drug-likeness (QED) is 0.193. The van der Waals surface area contributed by atoms with Crippen LogP contribution in [-0.2, 0) is 17.6 Å². The first-order valence-corrected chi connectivity index (χ1v) is 12.7. The van der Waals surface area contributed by atoms with Gasteiger partial charge in [-0.3, -0.25) is 4.79 Å². The minimum absolute atomic E-state index is 0.130. The van der Waals surface area contributed by atoms with Crippen molar-refractivity contribution in [3.63, 3.8) is 0 Å². The Morgan fingerprint density at radius 1 is 1.03 bits per heavy atom. The Balaban J connectivity index is 1.28. The fourth-order valence-electron chi connectivity index (χ4n) is 4.82. The summed E-state index contributed by atoms with van der Waals surface area (Å²) in [5, 5.41) is 0.964. The van der Waals surface area contributed by atoms with Crippen molar-refractivity contribution in [2.24, 2.45) is 5.92 Å². The van der Waals surface area contributed by atoms with Crippen LogP contribution in [0.3, 0.4) is 0 Å². The van der Waals surface area contributed by atoms with Crippen LogP contribution in [0.25, 0.3) is 0 Å². The Kier molecular flexibility index (Phi) is 6.82. The second kappa shape index (κ2) is 10.3. The van der Waals surface area contributed by atoms with E-state index >= 15 is 0 Å². The highest BCUT2D eigenvalue weighted by molar-refractivity contribution is 7.99. The molecular weight excluding hydrogens is 440 g/mol. The van der Waals surface area contributed by atoms with Crippen molar-refractivity contribution in [3.8, 4) is 5.75 Å². The number of aromatic nitrogens is 2. The van der Waals surface area contributed by atoms with Gasteiger partial charge in [0.25, 0.3) is 0 Å². The number of nitrogens with one attached hydrogen (secondary N) is 1. The van der Waals surface area contributed by atoms with E-state index in [0.717, 1.165) is 41.6 Å². The third kappa shape index (κ3) is 5.10. The van der Waals surface area contributed by atoms with Crippen LogP contribution in [0.2, 0.25) is 0 Å². The molecule has 0 bridgehead atoms. The van der Waals surface area contributed by atoms with Gasteiger partial charge in [-0.2, -0.15) is 0 Å². The van der Waals surface area contributed by atoms with E-state index < -0.39 is 0 Å². The maximum absolute atomic E-state index is 11.4. The van der Waals surface area contributed by atoms with Crippen molar-refractivity contribution >= 4 is 17.7 Å². The Labute approximate surface area is 204 Å². The molecule has 0 spiro atoms. The lowest BCUT2D eigenvalue weighted by molar-refractivity contribution is -0.131. The summed E-state index contributed by atoms with van der Waals surface area (Å²) in [4.78, 5) is 19.7. The summed E-state index contributed by atoms with van der Waals surface area (Å²) in [7, 11) is 0. The van der Waals surface area contributed by atoms with Gasteiger partial charge in [-0.25, -0.2) is 4.98 Å². The van der Waals surface area contributed by atoms with E-state index in [0.29, 0.717) is 5.92 Å². The number of ether oxygens (including phenoxy) is 1. The van der Waals surface area contributed by atoms with Crippen molar-refractivity contribution in [2.45, 2.75) is 37.3 Å². The minimum atomic E-state index is -0.260. The molecule has 34 heavy (non-hydrogen) atoms. The molecular formula is C29H28N2O2S. The summed E-state index contributed by atoms with van der Waals surface area (Å²) in [6.07, 6.45) is 5.01. The lowest BCUT2D eigenvalue weighted by Gasteiger charge is -2.25. The first kappa shape index (κ1) is 22.5. The fraction of sp³-hybridized carbons (Fsp3) is 0.241. The molecule has 3 aromatic carbocycles. The van der Waals surface area contributed by atoms with Crippen LogP contribution in [0.15, 0.2) is 90.2 Å². The average Bonchev–Trinajstić information content (AvgIpc) is 3.32. The van der Waals surface area contributed by atoms with Gasteiger partial charge in [-0.15, -0.1) is 0 Å². The maximum atomic E-state index is 11.4. The van der Waals surface area contributed by atoms with Gasteiger partial charge >= 0.3 is 5.97 Å². The second-order valence-corrected chi connectivity index (χ2v) is 9.81. The van der Waals surface area contributed by atoms with Gasteiger partial charge in [-0.05, 0) is 53.5 Å². The molecule has 0 amide bonds. The maximum Gasteiger partial charge on any atom is 0.308 e. The average molecular weight is 469 g/mol. The second-order valence-electron chi connectivity index (χ2n) is 8.81. The summed E-state index contributed by atoms with van der Waals surface area (Å²) < 4.78 is 5.42. The first-order chi connectivity index (χ1) is 16.7. The Morgan fingerprint density at radius 3 is 2.41 bits per heavy atom. The predicted molar refractivity (Wildman–Crippen MR) is 136 cm³/mol. The zero-order valence-corrected chi connectivity index (χ0v) is 20.1. The number of thioether (sulfide) groups is 1. The van der Waals surface area contributed by atoms with E-state index in [-0.39, 0.29) is 11.9 Å². The van der Waals surface area contributed by atoms with E-state index in [2.05, 4.69) is 71.7 Å². The molecule has 5 rings (SSSR count). The van der Waals surface area contributed by atoms with Crippen LogP contribution in [-0.4, -0.2) is 21.7 Å². The number of carbonyl (C=O) groups is 1. The van der Waals surface area contributed by atoms with Crippen LogP contribution in [0.1, 0.15) is 47.2 Å². The Bertz CT molecular complexity index is 1210. The number of nitrogens with zero attached hydrogens (tertiary/aromatic N) is 1. The van der Waals surface area contributed by atoms with Gasteiger partial charge in [0.2, 0.25) is 0 Å². The molecule has 1 N–H and O–H groups in total. The van der Waals surface area contributed by atoms with Gasteiger partial charge in [0.05, 0.1) is 12.1 Å². The number of benzene rings is 3. The highest BCUT2D eigenvalue weighted by Crippen LogP contribution is 2.36. The smallest absolute Gasteiger partial charge is 0.308 e. The summed E-state index contributed by atoms with van der Waals surface area (Å²) in [5.74, 6) is 2.16. The topological polar surface area (TPSA) is 55.0 Å². The molecule has 5 heteroatoms. The van der Waals surface area contributed by atoms with Crippen molar-refractivity contribution in [1.82, 2.24) is 9.97 Å². The minimum Gasteiger partial charge on any atom is -0.426 e. The molecule has 4 aromatic rings. The van der Waals surface area contributed by atoms with E-state index in [1.807, 2.05) is 18.3 Å². The monoisotopic (exact) mass is 468 g/mol. The zero-order chi connectivity index (χ0) is 23.3. The lowest BCUT2D eigenvalue weighted by Crippen LogP contribution is -2.18. The highest BCUT2D eigenvalue weighted by atomic mass is 32.2. The number of hydrogen-bond donors (Lipinski definition) is 1. The molecule has 0 fully saturated rings. The van der Waals surface area contributed by atoms with E-state index in [9.17, 15) is 4.79 Å². The molecule has 1 aromatic heterocycles. The number of carbonyl (C=O) groups excluding carboxylic acids is 1. The highest BCUT2D eigenvalue weighted by Gasteiger charge is 2.23. The van der Waals surface area contributed by atoms with Crippen LogP contribution in [0.5, 0.6) is 5.75 Å². The Morgan fingerprint density at radius 2 is 1.74 bits per heavy atom. The van der Waals surface area contributed by atoms with E-state index in [4.69, 9.17) is 9.72 Å². The van der Waals surface area contributed by atoms with Crippen molar-refractivity contribution < 1.29 is 9.53 Å². The molecule has 172 valence electrons. The Hall–Kier alpha value is -3.31. The zero-order valence-electron chi connectivity index (χ0n) is 19.2. The lowest BCUT2D eigenvalue weighted by atomic mass is 9.84. The summed E-state index contributed by atoms with van der Waals surface area (Å²) in [5.41, 5.74) is 6.10. The van der Waals surface area contributed by atoms with Gasteiger partial charge in [0.1, 0.15) is 5.75 Å². The normalized spacial score (nSPS) is 15.2. The SMILES string of the molecule is CC(=O)Oc1cccc2c1CCC(CSc1ncc(C(c3ccccc3)c3ccccc3)[nH]1)C2. The number of imidazole rings is 1. The van der Waals surface area contributed by atoms with Crippen LogP contribution < -0.4 is 4.74 Å². The molecule has 1 heterocycles. The molecule has 4 nitrogen and oxygen atoms in total. The summed E-state index contributed by atoms with van der Waals surface area (Å²) in [6, 6.07) is 27.2. The molecule has 1 atom stereocenters. The van der Waals surface area contributed by atoms with Gasteiger partial charge in [0, 0.05) is 18.4 Å². The van der Waals surface area contributed by atoms with Gasteiger partial charge in [-0.1, -0.05) is 84.6 Å². The largest absolute Gasteiger partial charge is 0.426 e. The molecule has 0 radical (unpaired) electrons. The summed E-state index contributed by atoms with van der Waals surface area (Å²) in [6.45, 7) is 1.46. The van der Waals surface area contributed by atoms with Crippen molar-refractivity contribution in [3.05, 3.63) is 113 Å². The number of esters is 1. The molecule has 0 saturated heterocycles. The van der Waals surface area contributed by atoms with Crippen LogP contribution in [0, 0.1) is 5.92 Å². The number of rotatable bonds is 7. The van der Waals surface area contributed by atoms with Gasteiger partial charge < -0.3 is 9.72 Å². The number of fused-ring (bicyclic) bond motifs is 1. The standard InChI is InChI=1S/C29H28N2O2S/c1-20(32)33-27-14-8-13-24-17-21(15-16-25(24)27)19-34-29-30-18-26(31-29)28(22-9-4-2-5-10-22)23-11-6-3-7-12-23/h2-14,18,21,28H,15-17,19H2,1H3,(H,30,31). The molecule has 1 unspecified atom stereocenters.